The van der Waals surface area contributed by atoms with Crippen LogP contribution in [0.3, 0.4) is 0 Å². The number of hydrogen-bond donors (Lipinski definition) is 1. The first-order chi connectivity index (χ1) is 14.4. The van der Waals surface area contributed by atoms with Gasteiger partial charge in [-0.05, 0) is 47.7 Å². The molecular formula is C24H28N2O4. The van der Waals surface area contributed by atoms with Crippen LogP contribution in [0.4, 0.5) is 5.69 Å². The van der Waals surface area contributed by atoms with Gasteiger partial charge in [-0.25, -0.2) is 0 Å². The van der Waals surface area contributed by atoms with Gasteiger partial charge in [0.15, 0.2) is 11.5 Å². The van der Waals surface area contributed by atoms with Crippen LogP contribution >= 0.6 is 0 Å². The monoisotopic (exact) mass is 408 g/mol. The second-order valence-electron chi connectivity index (χ2n) is 7.48. The summed E-state index contributed by atoms with van der Waals surface area (Å²) >= 11 is 0. The first-order valence-corrected chi connectivity index (χ1v) is 10.1. The number of nitrogens with one attached hydrogen (secondary N) is 1. The summed E-state index contributed by atoms with van der Waals surface area (Å²) in [5.74, 6) is 0.838. The van der Waals surface area contributed by atoms with Crippen molar-refractivity contribution in [1.82, 2.24) is 4.90 Å². The van der Waals surface area contributed by atoms with Crippen LogP contribution in [-0.4, -0.2) is 37.5 Å². The van der Waals surface area contributed by atoms with E-state index in [9.17, 15) is 9.59 Å². The fourth-order valence-corrected chi connectivity index (χ4v) is 3.47. The zero-order valence-corrected chi connectivity index (χ0v) is 18.1. The summed E-state index contributed by atoms with van der Waals surface area (Å²) in [5.41, 5.74) is 3.18. The maximum atomic E-state index is 13.1. The molecule has 30 heavy (non-hydrogen) atoms. The van der Waals surface area contributed by atoms with Gasteiger partial charge in [-0.3, -0.25) is 14.5 Å². The highest BCUT2D eigenvalue weighted by Gasteiger charge is 2.39. The van der Waals surface area contributed by atoms with Gasteiger partial charge in [0.2, 0.25) is 0 Å². The van der Waals surface area contributed by atoms with E-state index in [2.05, 4.69) is 19.2 Å². The zero-order valence-electron chi connectivity index (χ0n) is 18.1. The van der Waals surface area contributed by atoms with Crippen molar-refractivity contribution in [1.29, 1.82) is 0 Å². The normalized spacial score (nSPS) is 14.0. The molecule has 0 spiro atoms. The number of nitrogens with zero attached hydrogens (tertiary/aromatic N) is 1. The number of carbonyl (C=O) groups excluding carboxylic acids is 2. The fraction of sp³-hybridized carbons (Fsp3) is 0.333. The first-order valence-electron chi connectivity index (χ1n) is 10.1. The average Bonchev–Trinajstić information content (AvgIpc) is 2.98. The topological polar surface area (TPSA) is 67.9 Å². The quantitative estimate of drug-likeness (QED) is 0.655. The summed E-state index contributed by atoms with van der Waals surface area (Å²) in [6.45, 7) is 6.56. The standard InChI is InChI=1S/C24H28N2O4/c1-6-13-26-23(27)21(17-9-12-19(29-4)20(14-17)30-5)22(24(26)28)25-18-10-7-16(8-11-18)15(2)3/h7-12,14-15,25H,6,13H2,1-5H3. The van der Waals surface area contributed by atoms with Gasteiger partial charge in [-0.15, -0.1) is 0 Å². The van der Waals surface area contributed by atoms with Crippen molar-refractivity contribution >= 4 is 23.1 Å². The third-order valence-electron chi connectivity index (χ3n) is 5.13. The lowest BCUT2D eigenvalue weighted by Gasteiger charge is -2.14. The number of anilines is 1. The van der Waals surface area contributed by atoms with Gasteiger partial charge in [0.25, 0.3) is 11.8 Å². The Morgan fingerprint density at radius 1 is 0.933 bits per heavy atom. The molecule has 0 atom stereocenters. The molecule has 2 amide bonds. The molecule has 0 aromatic heterocycles. The molecule has 0 unspecified atom stereocenters. The Morgan fingerprint density at radius 3 is 2.17 bits per heavy atom. The largest absolute Gasteiger partial charge is 0.493 e. The van der Waals surface area contributed by atoms with E-state index in [1.807, 2.05) is 31.2 Å². The van der Waals surface area contributed by atoms with Gasteiger partial charge in [-0.1, -0.05) is 39.0 Å². The lowest BCUT2D eigenvalue weighted by Crippen LogP contribution is -2.33. The van der Waals surface area contributed by atoms with E-state index >= 15 is 0 Å². The molecule has 1 aliphatic heterocycles. The van der Waals surface area contributed by atoms with Crippen molar-refractivity contribution in [2.24, 2.45) is 0 Å². The Bertz CT molecular complexity index is 977. The molecule has 6 nitrogen and oxygen atoms in total. The van der Waals surface area contributed by atoms with Gasteiger partial charge in [0.1, 0.15) is 5.70 Å². The van der Waals surface area contributed by atoms with Crippen LogP contribution in [-0.2, 0) is 9.59 Å². The second kappa shape index (κ2) is 9.03. The zero-order chi connectivity index (χ0) is 21.8. The Hall–Kier alpha value is -3.28. The number of hydrogen-bond acceptors (Lipinski definition) is 5. The van der Waals surface area contributed by atoms with E-state index in [1.165, 1.54) is 17.6 Å². The lowest BCUT2D eigenvalue weighted by molar-refractivity contribution is -0.136. The molecule has 1 heterocycles. The minimum atomic E-state index is -0.320. The lowest BCUT2D eigenvalue weighted by atomic mass is 10.0. The van der Waals surface area contributed by atoms with Crippen LogP contribution in [0.25, 0.3) is 5.57 Å². The van der Waals surface area contributed by atoms with Gasteiger partial charge < -0.3 is 14.8 Å². The summed E-state index contributed by atoms with van der Waals surface area (Å²) in [4.78, 5) is 27.5. The maximum absolute atomic E-state index is 13.1. The minimum absolute atomic E-state index is 0.276. The summed E-state index contributed by atoms with van der Waals surface area (Å²) in [7, 11) is 3.09. The molecule has 2 aromatic carbocycles. The van der Waals surface area contributed by atoms with E-state index in [0.29, 0.717) is 41.5 Å². The Morgan fingerprint density at radius 2 is 1.60 bits per heavy atom. The highest BCUT2D eigenvalue weighted by molar-refractivity contribution is 6.36. The molecule has 0 bridgehead atoms. The van der Waals surface area contributed by atoms with Crippen LogP contribution in [0, 0.1) is 0 Å². The summed E-state index contributed by atoms with van der Waals surface area (Å²) in [6.07, 6.45) is 0.688. The summed E-state index contributed by atoms with van der Waals surface area (Å²) in [5, 5.41) is 3.19. The van der Waals surface area contributed by atoms with E-state index in [-0.39, 0.29) is 17.5 Å². The van der Waals surface area contributed by atoms with Crippen LogP contribution in [0.15, 0.2) is 48.2 Å². The first kappa shape index (κ1) is 21.4. The van der Waals surface area contributed by atoms with Gasteiger partial charge in [0.05, 0.1) is 19.8 Å². The van der Waals surface area contributed by atoms with Crippen molar-refractivity contribution in [3.05, 3.63) is 59.3 Å². The smallest absolute Gasteiger partial charge is 0.278 e. The third kappa shape index (κ3) is 4.03. The van der Waals surface area contributed by atoms with E-state index in [0.717, 1.165) is 5.69 Å². The molecule has 3 rings (SSSR count). The highest BCUT2D eigenvalue weighted by Crippen LogP contribution is 2.35. The van der Waals surface area contributed by atoms with Crippen LogP contribution < -0.4 is 14.8 Å². The van der Waals surface area contributed by atoms with E-state index < -0.39 is 0 Å². The Kier molecular flexibility index (Phi) is 6.45. The Labute approximate surface area is 177 Å². The molecule has 1 aliphatic rings. The predicted octanol–water partition coefficient (Wildman–Crippen LogP) is 4.43. The molecule has 0 aliphatic carbocycles. The molecule has 1 N–H and O–H groups in total. The maximum Gasteiger partial charge on any atom is 0.278 e. The van der Waals surface area contributed by atoms with E-state index in [4.69, 9.17) is 9.47 Å². The average molecular weight is 408 g/mol. The number of methoxy groups -OCH3 is 2. The number of imide groups is 1. The Balaban J connectivity index is 2.06. The van der Waals surface area contributed by atoms with Gasteiger partial charge >= 0.3 is 0 Å². The molecular weight excluding hydrogens is 380 g/mol. The third-order valence-corrected chi connectivity index (χ3v) is 5.13. The molecule has 0 saturated carbocycles. The SMILES string of the molecule is CCCN1C(=O)C(Nc2ccc(C(C)C)cc2)=C(c2ccc(OC)c(OC)c2)C1=O. The van der Waals surface area contributed by atoms with Crippen molar-refractivity contribution in [3.8, 4) is 11.5 Å². The predicted molar refractivity (Wildman–Crippen MR) is 118 cm³/mol. The second-order valence-corrected chi connectivity index (χ2v) is 7.48. The van der Waals surface area contributed by atoms with E-state index in [1.54, 1.807) is 25.3 Å². The molecule has 2 aromatic rings. The summed E-state index contributed by atoms with van der Waals surface area (Å²) < 4.78 is 10.7. The molecule has 6 heteroatoms. The number of ether oxygens (including phenoxy) is 2. The summed E-state index contributed by atoms with van der Waals surface area (Å²) in [6, 6.07) is 13.1. The van der Waals surface area contributed by atoms with Crippen LogP contribution in [0.2, 0.25) is 0 Å². The van der Waals surface area contributed by atoms with Crippen molar-refractivity contribution in [2.45, 2.75) is 33.1 Å². The van der Waals surface area contributed by atoms with Gasteiger partial charge in [-0.2, -0.15) is 0 Å². The minimum Gasteiger partial charge on any atom is -0.493 e. The highest BCUT2D eigenvalue weighted by atomic mass is 16.5. The van der Waals surface area contributed by atoms with Crippen molar-refractivity contribution in [3.63, 3.8) is 0 Å². The number of carbonyl (C=O) groups is 2. The molecule has 158 valence electrons. The number of rotatable bonds is 8. The van der Waals surface area contributed by atoms with Crippen LogP contribution in [0.5, 0.6) is 11.5 Å². The van der Waals surface area contributed by atoms with Crippen molar-refractivity contribution in [2.75, 3.05) is 26.1 Å². The van der Waals surface area contributed by atoms with Crippen LogP contribution in [0.1, 0.15) is 44.2 Å². The number of benzene rings is 2. The fourth-order valence-electron chi connectivity index (χ4n) is 3.47. The number of amides is 2. The molecule has 0 saturated heterocycles. The molecule has 0 radical (unpaired) electrons. The van der Waals surface area contributed by atoms with Crippen molar-refractivity contribution < 1.29 is 19.1 Å². The van der Waals surface area contributed by atoms with Gasteiger partial charge in [0, 0.05) is 12.2 Å². The molecule has 0 fully saturated rings.